The number of rotatable bonds is 2. The Morgan fingerprint density at radius 1 is 1.40 bits per heavy atom. The van der Waals surface area contributed by atoms with Crippen molar-refractivity contribution in [3.8, 4) is 0 Å². The molecule has 5 heteroatoms. The molecule has 0 bridgehead atoms. The van der Waals surface area contributed by atoms with Crippen LogP contribution in [-0.2, 0) is 6.32 Å². The van der Waals surface area contributed by atoms with Crippen molar-refractivity contribution in [2.24, 2.45) is 0 Å². The lowest BCUT2D eigenvalue weighted by molar-refractivity contribution is 0.468. The average Bonchev–Trinajstić information content (AvgIpc) is 2.12. The first-order valence-corrected chi connectivity index (χ1v) is 3.74. The third-order valence-corrected chi connectivity index (χ3v) is 1.78. The Labute approximate surface area is 60.7 Å². The van der Waals surface area contributed by atoms with Crippen LogP contribution in [0.25, 0.3) is 0 Å². The molecule has 0 aliphatic heterocycles. The van der Waals surface area contributed by atoms with Crippen LogP contribution >= 0.6 is 11.3 Å². The second-order valence-corrected chi connectivity index (χ2v) is 2.83. The van der Waals surface area contributed by atoms with Crippen LogP contribution in [0.1, 0.15) is 5.56 Å². The summed E-state index contributed by atoms with van der Waals surface area (Å²) in [6.07, 6.45) is -0.747. The third kappa shape index (κ3) is 2.43. The topological polar surface area (TPSA) is 0 Å². The van der Waals surface area contributed by atoms with Gasteiger partial charge in [-0.2, -0.15) is 11.3 Å². The van der Waals surface area contributed by atoms with Gasteiger partial charge in [0.25, 0.3) is 0 Å². The van der Waals surface area contributed by atoms with Gasteiger partial charge in [0.1, 0.15) is 0 Å². The van der Waals surface area contributed by atoms with Crippen LogP contribution in [0.2, 0.25) is 0 Å². The molecule has 0 atom stereocenters. The summed E-state index contributed by atoms with van der Waals surface area (Å²) >= 11 is 1.29. The maximum absolute atomic E-state index is 11.7. The Morgan fingerprint density at radius 2 is 2.10 bits per heavy atom. The molecule has 1 heterocycles. The first-order chi connectivity index (χ1) is 4.58. The molecule has 1 aromatic heterocycles. The molecule has 0 amide bonds. The second kappa shape index (κ2) is 2.66. The summed E-state index contributed by atoms with van der Waals surface area (Å²) in [5.41, 5.74) is 0.373. The molecule has 0 aliphatic rings. The molecular weight excluding hydrogens is 160 g/mol. The predicted molar refractivity (Wildman–Crippen MR) is 37.1 cm³/mol. The van der Waals surface area contributed by atoms with E-state index in [9.17, 15) is 12.9 Å². The van der Waals surface area contributed by atoms with Gasteiger partial charge in [0, 0.05) is 0 Å². The fourth-order valence-corrected chi connectivity index (χ4v) is 1.36. The van der Waals surface area contributed by atoms with E-state index in [1.807, 2.05) is 0 Å². The third-order valence-electron chi connectivity index (χ3n) is 1.05. The normalized spacial score (nSPS) is 11.9. The molecule has 0 N–H and O–H groups in total. The van der Waals surface area contributed by atoms with Gasteiger partial charge < -0.3 is 12.9 Å². The lowest BCUT2D eigenvalue weighted by Crippen LogP contribution is -2.18. The largest absolute Gasteiger partial charge is 0.482 e. The summed E-state index contributed by atoms with van der Waals surface area (Å²) in [4.78, 5) is 0. The highest BCUT2D eigenvalue weighted by Gasteiger charge is 2.22. The number of thiophene rings is 1. The molecule has 0 radical (unpaired) electrons. The van der Waals surface area contributed by atoms with E-state index in [-0.39, 0.29) is 0 Å². The summed E-state index contributed by atoms with van der Waals surface area (Å²) < 4.78 is 35.1. The van der Waals surface area contributed by atoms with Crippen molar-refractivity contribution < 1.29 is 12.9 Å². The highest BCUT2D eigenvalue weighted by Crippen LogP contribution is 2.17. The second-order valence-electron chi connectivity index (χ2n) is 2.05. The van der Waals surface area contributed by atoms with Gasteiger partial charge in [-0.1, -0.05) is 17.9 Å². The molecule has 56 valence electrons. The Bertz CT molecular complexity index is 191. The SMILES string of the molecule is F[B-](F)(F)Cc1ccsc1. The van der Waals surface area contributed by atoms with Crippen LogP contribution in [0.5, 0.6) is 0 Å². The van der Waals surface area contributed by atoms with E-state index in [2.05, 4.69) is 0 Å². The summed E-state index contributed by atoms with van der Waals surface area (Å²) in [6.45, 7) is -4.65. The first kappa shape index (κ1) is 7.66. The zero-order valence-electron chi connectivity index (χ0n) is 5.06. The molecule has 0 saturated heterocycles. The van der Waals surface area contributed by atoms with Gasteiger partial charge in [-0.15, -0.1) is 0 Å². The van der Waals surface area contributed by atoms with Gasteiger partial charge in [0.2, 0.25) is 0 Å². The number of hydrogen-bond donors (Lipinski definition) is 0. The van der Waals surface area contributed by atoms with Gasteiger partial charge >= 0.3 is 6.98 Å². The molecule has 0 fully saturated rings. The molecule has 0 aliphatic carbocycles. The molecule has 1 rings (SSSR count). The fraction of sp³-hybridized carbons (Fsp3) is 0.200. The zero-order valence-corrected chi connectivity index (χ0v) is 5.88. The minimum absolute atomic E-state index is 0.373. The number of halogens is 3. The van der Waals surface area contributed by atoms with Crippen molar-refractivity contribution in [3.63, 3.8) is 0 Å². The van der Waals surface area contributed by atoms with E-state index in [4.69, 9.17) is 0 Å². The summed E-state index contributed by atoms with van der Waals surface area (Å²) in [5, 5.41) is 3.17. The van der Waals surface area contributed by atoms with Gasteiger partial charge in [0.05, 0.1) is 0 Å². The van der Waals surface area contributed by atoms with E-state index >= 15 is 0 Å². The smallest absolute Gasteiger partial charge is 0.449 e. The molecule has 0 saturated carbocycles. The van der Waals surface area contributed by atoms with Gasteiger partial charge in [-0.05, 0) is 10.8 Å². The highest BCUT2D eigenvalue weighted by molar-refractivity contribution is 7.08. The van der Waals surface area contributed by atoms with E-state index < -0.39 is 13.3 Å². The fourth-order valence-electron chi connectivity index (χ4n) is 0.676. The molecule has 0 unspecified atom stereocenters. The molecule has 10 heavy (non-hydrogen) atoms. The molecule has 1 aromatic rings. The molecular formula is C5H5BF3S-. The maximum Gasteiger partial charge on any atom is 0.482 e. The zero-order chi connectivity index (χ0) is 7.61. The van der Waals surface area contributed by atoms with Crippen molar-refractivity contribution in [3.05, 3.63) is 22.4 Å². The maximum atomic E-state index is 11.7. The summed E-state index contributed by atoms with van der Waals surface area (Å²) in [5.74, 6) is 0. The van der Waals surface area contributed by atoms with Crippen LogP contribution in [0.4, 0.5) is 12.9 Å². The lowest BCUT2D eigenvalue weighted by Gasteiger charge is -2.10. The van der Waals surface area contributed by atoms with E-state index in [0.29, 0.717) is 5.56 Å². The Kier molecular flexibility index (Phi) is 2.04. The minimum atomic E-state index is -4.65. The van der Waals surface area contributed by atoms with Crippen LogP contribution in [-0.4, -0.2) is 6.98 Å². The van der Waals surface area contributed by atoms with Crippen LogP contribution in [0, 0.1) is 0 Å². The van der Waals surface area contributed by atoms with Crippen LogP contribution < -0.4 is 0 Å². The van der Waals surface area contributed by atoms with Gasteiger partial charge in [-0.3, -0.25) is 0 Å². The van der Waals surface area contributed by atoms with Crippen LogP contribution in [0.3, 0.4) is 0 Å². The average molecular weight is 165 g/mol. The summed E-state index contributed by atoms with van der Waals surface area (Å²) in [7, 11) is 0. The van der Waals surface area contributed by atoms with Gasteiger partial charge in [0.15, 0.2) is 0 Å². The Morgan fingerprint density at radius 3 is 2.50 bits per heavy atom. The Balaban J connectivity index is 2.57. The lowest BCUT2D eigenvalue weighted by atomic mass is 9.83. The molecule has 0 spiro atoms. The van der Waals surface area contributed by atoms with Crippen molar-refractivity contribution >= 4 is 18.3 Å². The van der Waals surface area contributed by atoms with E-state index in [0.717, 1.165) is 0 Å². The quantitative estimate of drug-likeness (QED) is 0.591. The molecule has 0 nitrogen and oxygen atoms in total. The number of hydrogen-bond acceptors (Lipinski definition) is 1. The summed E-state index contributed by atoms with van der Waals surface area (Å²) in [6, 6.07) is 1.50. The highest BCUT2D eigenvalue weighted by atomic mass is 32.1. The molecule has 0 aromatic carbocycles. The van der Waals surface area contributed by atoms with Crippen LogP contribution in [0.15, 0.2) is 16.8 Å². The van der Waals surface area contributed by atoms with Gasteiger partial charge in [-0.25, -0.2) is 0 Å². The van der Waals surface area contributed by atoms with E-state index in [1.165, 1.54) is 22.8 Å². The van der Waals surface area contributed by atoms with E-state index in [1.54, 1.807) is 5.38 Å². The standard InChI is InChI=1S/C5H5BF3S/c7-6(8,9)3-5-1-2-10-4-5/h1-2,4H,3H2/q-1. The van der Waals surface area contributed by atoms with Crippen molar-refractivity contribution in [2.75, 3.05) is 0 Å². The minimum Gasteiger partial charge on any atom is -0.449 e. The monoisotopic (exact) mass is 165 g/mol. The van der Waals surface area contributed by atoms with Crippen molar-refractivity contribution in [1.82, 2.24) is 0 Å². The van der Waals surface area contributed by atoms with Crippen molar-refractivity contribution in [1.29, 1.82) is 0 Å². The van der Waals surface area contributed by atoms with Crippen molar-refractivity contribution in [2.45, 2.75) is 6.32 Å². The Hall–Kier alpha value is -0.445. The predicted octanol–water partition coefficient (Wildman–Crippen LogP) is 2.68. The first-order valence-electron chi connectivity index (χ1n) is 2.80.